The van der Waals surface area contributed by atoms with E-state index in [1.54, 1.807) is 12.3 Å². The highest BCUT2D eigenvalue weighted by Crippen LogP contribution is 2.35. The molecule has 2 aliphatic heterocycles. The lowest BCUT2D eigenvalue weighted by Crippen LogP contribution is -2.35. The van der Waals surface area contributed by atoms with Gasteiger partial charge in [-0.3, -0.25) is 19.2 Å². The van der Waals surface area contributed by atoms with Crippen molar-refractivity contribution in [2.24, 2.45) is 7.05 Å². The van der Waals surface area contributed by atoms with E-state index in [1.165, 1.54) is 47.0 Å². The number of ether oxygens (including phenoxy) is 1. The van der Waals surface area contributed by atoms with Gasteiger partial charge in [-0.2, -0.15) is 0 Å². The van der Waals surface area contributed by atoms with Crippen molar-refractivity contribution in [2.75, 3.05) is 6.54 Å². The van der Waals surface area contributed by atoms with Gasteiger partial charge in [0.1, 0.15) is 35.3 Å². The van der Waals surface area contributed by atoms with Gasteiger partial charge in [0.25, 0.3) is 5.56 Å². The second-order valence-electron chi connectivity index (χ2n) is 8.94. The normalized spacial score (nSPS) is 17.2. The molecule has 0 amide bonds. The molecule has 0 radical (unpaired) electrons. The molecule has 6 rings (SSSR count). The molecule has 0 aromatic carbocycles. The number of nitrogens with zero attached hydrogens (tertiary/aromatic N) is 5. The van der Waals surface area contributed by atoms with E-state index in [2.05, 4.69) is 27.6 Å². The zero-order valence-corrected chi connectivity index (χ0v) is 20.7. The first-order valence-electron chi connectivity index (χ1n) is 11.3. The minimum absolute atomic E-state index is 0. The highest BCUT2D eigenvalue weighted by Gasteiger charge is 2.33. The average molecular weight is 516 g/mol. The van der Waals surface area contributed by atoms with Crippen LogP contribution in [0.4, 0.5) is 4.39 Å². The third-order valence-electron chi connectivity index (χ3n) is 6.94. The maximum absolute atomic E-state index is 13.9. The maximum atomic E-state index is 13.9. The van der Waals surface area contributed by atoms with Crippen molar-refractivity contribution in [3.8, 4) is 11.6 Å². The molecule has 1 unspecified atom stereocenters. The molecule has 6 heterocycles. The first-order valence-corrected chi connectivity index (χ1v) is 11.7. The van der Waals surface area contributed by atoms with Gasteiger partial charge in [0, 0.05) is 55.6 Å². The van der Waals surface area contributed by atoms with E-state index in [9.17, 15) is 9.18 Å². The molecular formula is C25H24Cl2FN5O2. The van der Waals surface area contributed by atoms with E-state index >= 15 is 0 Å². The lowest BCUT2D eigenvalue weighted by molar-refractivity contribution is 0.225. The quantitative estimate of drug-likeness (QED) is 0.402. The van der Waals surface area contributed by atoms with Gasteiger partial charge in [0.2, 0.25) is 0 Å². The molecule has 2 aliphatic rings. The summed E-state index contributed by atoms with van der Waals surface area (Å²) in [6.45, 7) is 2.02. The van der Waals surface area contributed by atoms with Gasteiger partial charge >= 0.3 is 0 Å². The number of hydrogen-bond acceptors (Lipinski definition) is 5. The zero-order chi connectivity index (χ0) is 23.4. The summed E-state index contributed by atoms with van der Waals surface area (Å²) >= 11 is 5.73. The van der Waals surface area contributed by atoms with Crippen LogP contribution in [-0.4, -0.2) is 36.6 Å². The Bertz CT molecular complexity index is 1480. The van der Waals surface area contributed by atoms with Crippen LogP contribution < -0.4 is 10.3 Å². The van der Waals surface area contributed by atoms with E-state index in [-0.39, 0.29) is 35.3 Å². The van der Waals surface area contributed by atoms with Crippen molar-refractivity contribution in [1.82, 2.24) is 24.0 Å². The van der Waals surface area contributed by atoms with Gasteiger partial charge in [0.15, 0.2) is 0 Å². The van der Waals surface area contributed by atoms with E-state index in [0.717, 1.165) is 30.5 Å². The van der Waals surface area contributed by atoms with Crippen LogP contribution in [0.25, 0.3) is 16.9 Å². The van der Waals surface area contributed by atoms with E-state index in [0.29, 0.717) is 17.6 Å². The van der Waals surface area contributed by atoms with E-state index in [1.807, 2.05) is 6.07 Å². The van der Waals surface area contributed by atoms with Crippen molar-refractivity contribution >= 4 is 35.0 Å². The Kier molecular flexibility index (Phi) is 6.29. The monoisotopic (exact) mass is 515 g/mol. The van der Waals surface area contributed by atoms with Crippen molar-refractivity contribution < 1.29 is 9.13 Å². The number of rotatable bonds is 4. The Balaban J connectivity index is 0.00000253. The fourth-order valence-corrected chi connectivity index (χ4v) is 5.33. The summed E-state index contributed by atoms with van der Waals surface area (Å²) < 4.78 is 23.2. The van der Waals surface area contributed by atoms with Crippen LogP contribution in [0.2, 0.25) is 5.02 Å². The number of fused-ring (bicyclic) bond motifs is 4. The van der Waals surface area contributed by atoms with Gasteiger partial charge in [-0.25, -0.2) is 9.37 Å². The van der Waals surface area contributed by atoms with Crippen LogP contribution in [0.5, 0.6) is 5.75 Å². The average Bonchev–Trinajstić information content (AvgIpc) is 3.39. The molecule has 0 N–H and O–H groups in total. The first-order chi connectivity index (χ1) is 16.5. The van der Waals surface area contributed by atoms with Gasteiger partial charge in [-0.05, 0) is 49.2 Å². The van der Waals surface area contributed by atoms with Crippen LogP contribution in [0.1, 0.15) is 29.8 Å². The number of aromatic nitrogens is 4. The molecule has 182 valence electrons. The van der Waals surface area contributed by atoms with Crippen molar-refractivity contribution in [2.45, 2.75) is 38.5 Å². The summed E-state index contributed by atoms with van der Waals surface area (Å²) in [6, 6.07) is 8.78. The number of hydrogen-bond donors (Lipinski definition) is 0. The molecule has 0 bridgehead atoms. The van der Waals surface area contributed by atoms with Crippen LogP contribution >= 0.6 is 24.0 Å². The van der Waals surface area contributed by atoms with Crippen molar-refractivity contribution in [3.05, 3.63) is 80.9 Å². The fraction of sp³-hybridized carbons (Fsp3) is 0.320. The Morgan fingerprint density at radius 3 is 2.91 bits per heavy atom. The molecule has 1 atom stereocenters. The van der Waals surface area contributed by atoms with Gasteiger partial charge in [0.05, 0.1) is 5.02 Å². The summed E-state index contributed by atoms with van der Waals surface area (Å²) in [6.07, 6.45) is 6.55. The summed E-state index contributed by atoms with van der Waals surface area (Å²) in [4.78, 5) is 24.2. The maximum Gasteiger partial charge on any atom is 0.259 e. The van der Waals surface area contributed by atoms with Gasteiger partial charge in [-0.15, -0.1) is 12.4 Å². The lowest BCUT2D eigenvalue weighted by atomic mass is 9.99. The molecule has 4 aromatic heterocycles. The predicted molar refractivity (Wildman–Crippen MR) is 134 cm³/mol. The van der Waals surface area contributed by atoms with Crippen molar-refractivity contribution in [3.63, 3.8) is 0 Å². The Labute approximate surface area is 212 Å². The summed E-state index contributed by atoms with van der Waals surface area (Å²) in [7, 11) is 2.06. The second kappa shape index (κ2) is 9.26. The Hall–Kier alpha value is -2.94. The standard InChI is InChI=1S/C25H23ClFN5O2.ClH/c1-30-22-10-16-3-2-7-31(16)13-19(22)18-4-5-23(29-25(18)30)32-8-6-17(11-24(32)33)34-14-21-20(27)9-15(26)12-28-21;/h4-6,8-9,11-12,16H,2-3,7,10,13-14H2,1H3;1H. The van der Waals surface area contributed by atoms with Crippen molar-refractivity contribution in [1.29, 1.82) is 0 Å². The second-order valence-corrected chi connectivity index (χ2v) is 9.37. The Morgan fingerprint density at radius 2 is 2.11 bits per heavy atom. The van der Waals surface area contributed by atoms with Crippen LogP contribution in [0, 0.1) is 5.82 Å². The number of halogens is 3. The smallest absolute Gasteiger partial charge is 0.259 e. The lowest BCUT2D eigenvalue weighted by Gasteiger charge is -2.30. The summed E-state index contributed by atoms with van der Waals surface area (Å²) in [5.41, 5.74) is 3.43. The molecule has 0 aliphatic carbocycles. The molecule has 0 spiro atoms. The van der Waals surface area contributed by atoms with E-state index in [4.69, 9.17) is 21.3 Å². The van der Waals surface area contributed by atoms with Crippen LogP contribution in [-0.2, 0) is 26.6 Å². The van der Waals surface area contributed by atoms with Gasteiger partial charge in [-0.1, -0.05) is 11.6 Å². The third-order valence-corrected chi connectivity index (χ3v) is 7.15. The largest absolute Gasteiger partial charge is 0.487 e. The molecule has 1 saturated heterocycles. The first kappa shape index (κ1) is 23.8. The third kappa shape index (κ3) is 4.20. The number of aryl methyl sites for hydroxylation is 1. The summed E-state index contributed by atoms with van der Waals surface area (Å²) in [5.74, 6) is 0.324. The molecule has 4 aromatic rings. The predicted octanol–water partition coefficient (Wildman–Crippen LogP) is 4.43. The van der Waals surface area contributed by atoms with Crippen LogP contribution in [0.15, 0.2) is 47.5 Å². The minimum Gasteiger partial charge on any atom is -0.487 e. The summed E-state index contributed by atoms with van der Waals surface area (Å²) in [5, 5.41) is 1.37. The molecule has 0 saturated carbocycles. The van der Waals surface area contributed by atoms with E-state index < -0.39 is 5.82 Å². The topological polar surface area (TPSA) is 65.2 Å². The molecule has 1 fully saturated rings. The number of pyridine rings is 3. The fourth-order valence-electron chi connectivity index (χ4n) is 5.19. The minimum atomic E-state index is -0.552. The molecule has 35 heavy (non-hydrogen) atoms. The zero-order valence-electron chi connectivity index (χ0n) is 19.1. The molecule has 7 nitrogen and oxygen atoms in total. The van der Waals surface area contributed by atoms with Gasteiger partial charge < -0.3 is 9.30 Å². The molecular weight excluding hydrogens is 492 g/mol. The highest BCUT2D eigenvalue weighted by molar-refractivity contribution is 6.30. The SMILES string of the molecule is Cl.Cn1c2c(c3ccc(-n4ccc(OCc5ncc(Cl)cc5F)cc4=O)nc31)CN1CCCC1C2. The Morgan fingerprint density at radius 1 is 1.26 bits per heavy atom. The molecule has 10 heteroatoms. The highest BCUT2D eigenvalue weighted by atomic mass is 35.5. The van der Waals surface area contributed by atoms with Crippen LogP contribution in [0.3, 0.4) is 0 Å².